The number of anilines is 1. The van der Waals surface area contributed by atoms with Crippen LogP contribution in [0, 0.1) is 6.92 Å². The van der Waals surface area contributed by atoms with E-state index in [1.54, 1.807) is 13.2 Å². The lowest BCUT2D eigenvalue weighted by atomic mass is 10.2. The summed E-state index contributed by atoms with van der Waals surface area (Å²) in [6.45, 7) is 4.27. The molecular formula is C14H22N2O3. The van der Waals surface area contributed by atoms with E-state index in [1.165, 1.54) is 0 Å². The first-order chi connectivity index (χ1) is 9.06. The van der Waals surface area contributed by atoms with Crippen LogP contribution in [0.25, 0.3) is 0 Å². The fraction of sp³-hybridized carbons (Fsp3) is 0.500. The zero-order valence-corrected chi connectivity index (χ0v) is 11.7. The largest absolute Gasteiger partial charge is 0.497 e. The molecule has 1 unspecified atom stereocenters. The zero-order chi connectivity index (χ0) is 14.3. The first-order valence-corrected chi connectivity index (χ1v) is 6.44. The summed E-state index contributed by atoms with van der Waals surface area (Å²) in [6, 6.07) is 5.22. The Kier molecular flexibility index (Phi) is 6.15. The van der Waals surface area contributed by atoms with Crippen LogP contribution >= 0.6 is 0 Å². The van der Waals surface area contributed by atoms with Crippen LogP contribution in [0.4, 0.5) is 10.5 Å². The van der Waals surface area contributed by atoms with Gasteiger partial charge < -0.3 is 20.5 Å². The molecule has 19 heavy (non-hydrogen) atoms. The SMILES string of the molecule is CCC(O)CCNC(=O)Nc1cc(OC)ccc1C. The van der Waals surface area contributed by atoms with Crippen LogP contribution in [0.15, 0.2) is 18.2 Å². The molecule has 5 nitrogen and oxygen atoms in total. The fourth-order valence-electron chi connectivity index (χ4n) is 1.59. The minimum Gasteiger partial charge on any atom is -0.497 e. The van der Waals surface area contributed by atoms with E-state index in [1.807, 2.05) is 26.0 Å². The minimum absolute atomic E-state index is 0.278. The van der Waals surface area contributed by atoms with Crippen LogP contribution in [0.5, 0.6) is 5.75 Å². The second kappa shape index (κ2) is 7.63. The average molecular weight is 266 g/mol. The van der Waals surface area contributed by atoms with Gasteiger partial charge in [-0.2, -0.15) is 0 Å². The molecule has 0 aliphatic heterocycles. The van der Waals surface area contributed by atoms with Crippen molar-refractivity contribution in [2.75, 3.05) is 19.0 Å². The lowest BCUT2D eigenvalue weighted by Crippen LogP contribution is -2.31. The number of methoxy groups -OCH3 is 1. The first-order valence-electron chi connectivity index (χ1n) is 6.44. The summed E-state index contributed by atoms with van der Waals surface area (Å²) in [7, 11) is 1.58. The highest BCUT2D eigenvalue weighted by atomic mass is 16.5. The Morgan fingerprint density at radius 2 is 2.21 bits per heavy atom. The minimum atomic E-state index is -0.362. The van der Waals surface area contributed by atoms with Crippen molar-refractivity contribution < 1.29 is 14.6 Å². The van der Waals surface area contributed by atoms with E-state index in [4.69, 9.17) is 4.74 Å². The van der Waals surface area contributed by atoms with Crippen molar-refractivity contribution in [2.45, 2.75) is 32.8 Å². The molecule has 0 saturated heterocycles. The highest BCUT2D eigenvalue weighted by Crippen LogP contribution is 2.21. The summed E-state index contributed by atoms with van der Waals surface area (Å²) in [5.41, 5.74) is 1.68. The smallest absolute Gasteiger partial charge is 0.319 e. The van der Waals surface area contributed by atoms with Crippen LogP contribution in [0.3, 0.4) is 0 Å². The molecule has 1 aromatic carbocycles. The van der Waals surface area contributed by atoms with Gasteiger partial charge in [0.1, 0.15) is 5.75 Å². The van der Waals surface area contributed by atoms with Crippen LogP contribution in [0.2, 0.25) is 0 Å². The van der Waals surface area contributed by atoms with Gasteiger partial charge in [0.25, 0.3) is 0 Å². The molecule has 1 aromatic rings. The second-order valence-corrected chi connectivity index (χ2v) is 4.41. The molecule has 2 amide bonds. The number of ether oxygens (including phenoxy) is 1. The van der Waals surface area contributed by atoms with E-state index in [2.05, 4.69) is 10.6 Å². The molecule has 0 aliphatic rings. The number of aliphatic hydroxyl groups excluding tert-OH is 1. The number of carbonyl (C=O) groups is 1. The highest BCUT2D eigenvalue weighted by Gasteiger charge is 2.06. The number of hydrogen-bond acceptors (Lipinski definition) is 3. The second-order valence-electron chi connectivity index (χ2n) is 4.41. The van der Waals surface area contributed by atoms with Crippen LogP contribution in [0.1, 0.15) is 25.3 Å². The molecule has 0 aliphatic carbocycles. The predicted molar refractivity (Wildman–Crippen MR) is 75.7 cm³/mol. The molecule has 0 saturated carbocycles. The first kappa shape index (κ1) is 15.3. The van der Waals surface area contributed by atoms with Gasteiger partial charge in [0.05, 0.1) is 13.2 Å². The maximum Gasteiger partial charge on any atom is 0.319 e. The number of carbonyl (C=O) groups excluding carboxylic acids is 1. The topological polar surface area (TPSA) is 70.6 Å². The summed E-state index contributed by atoms with van der Waals surface area (Å²) in [5, 5.41) is 14.9. The third-order valence-electron chi connectivity index (χ3n) is 2.93. The van der Waals surface area contributed by atoms with Crippen molar-refractivity contribution in [2.24, 2.45) is 0 Å². The molecule has 1 rings (SSSR count). The van der Waals surface area contributed by atoms with Crippen molar-refractivity contribution in [3.63, 3.8) is 0 Å². The molecule has 0 radical (unpaired) electrons. The Hall–Kier alpha value is -1.75. The number of urea groups is 1. The van der Waals surface area contributed by atoms with Gasteiger partial charge in [-0.15, -0.1) is 0 Å². The van der Waals surface area contributed by atoms with Gasteiger partial charge in [0, 0.05) is 18.3 Å². The van der Waals surface area contributed by atoms with Gasteiger partial charge in [-0.05, 0) is 31.4 Å². The van der Waals surface area contributed by atoms with Crippen molar-refractivity contribution in [1.82, 2.24) is 5.32 Å². The normalized spacial score (nSPS) is 11.8. The van der Waals surface area contributed by atoms with E-state index < -0.39 is 0 Å². The van der Waals surface area contributed by atoms with E-state index in [0.29, 0.717) is 30.8 Å². The maximum absolute atomic E-state index is 11.7. The Morgan fingerprint density at radius 1 is 1.47 bits per heavy atom. The number of aryl methyl sites for hydroxylation is 1. The molecule has 106 valence electrons. The van der Waals surface area contributed by atoms with Crippen LogP contribution in [-0.2, 0) is 0 Å². The summed E-state index contributed by atoms with van der Waals surface area (Å²) in [6.07, 6.45) is 0.887. The lowest BCUT2D eigenvalue weighted by molar-refractivity contribution is 0.160. The third-order valence-corrected chi connectivity index (χ3v) is 2.93. The van der Waals surface area contributed by atoms with Gasteiger partial charge in [0.2, 0.25) is 0 Å². The summed E-state index contributed by atoms with van der Waals surface area (Å²) >= 11 is 0. The van der Waals surface area contributed by atoms with Crippen molar-refractivity contribution in [3.8, 4) is 5.75 Å². The molecule has 3 N–H and O–H groups in total. The van der Waals surface area contributed by atoms with Crippen molar-refractivity contribution >= 4 is 11.7 Å². The monoisotopic (exact) mass is 266 g/mol. The quantitative estimate of drug-likeness (QED) is 0.740. The Labute approximate surface area is 114 Å². The Bertz CT molecular complexity index is 421. The summed E-state index contributed by atoms with van der Waals surface area (Å²) in [5.74, 6) is 0.697. The molecule has 0 bridgehead atoms. The van der Waals surface area contributed by atoms with E-state index in [9.17, 15) is 9.90 Å². The Balaban J connectivity index is 2.48. The molecule has 0 heterocycles. The number of hydrogen-bond donors (Lipinski definition) is 3. The Morgan fingerprint density at radius 3 is 2.84 bits per heavy atom. The number of nitrogens with one attached hydrogen (secondary N) is 2. The predicted octanol–water partition coefficient (Wildman–Crippen LogP) is 2.29. The fourth-order valence-corrected chi connectivity index (χ4v) is 1.59. The summed E-state index contributed by atoms with van der Waals surface area (Å²) < 4.78 is 5.11. The van der Waals surface area contributed by atoms with E-state index in [-0.39, 0.29) is 12.1 Å². The number of rotatable bonds is 6. The van der Waals surface area contributed by atoms with Gasteiger partial charge in [0.15, 0.2) is 0 Å². The van der Waals surface area contributed by atoms with E-state index >= 15 is 0 Å². The van der Waals surface area contributed by atoms with Gasteiger partial charge in [-0.25, -0.2) is 4.79 Å². The number of benzene rings is 1. The standard InChI is InChI=1S/C14H22N2O3/c1-4-11(17)7-8-15-14(18)16-13-9-12(19-3)6-5-10(13)2/h5-6,9,11,17H,4,7-8H2,1-3H3,(H2,15,16,18). The lowest BCUT2D eigenvalue weighted by Gasteiger charge is -2.12. The van der Waals surface area contributed by atoms with Gasteiger partial charge in [-0.1, -0.05) is 13.0 Å². The number of amides is 2. The van der Waals surface area contributed by atoms with Gasteiger partial charge >= 0.3 is 6.03 Å². The van der Waals surface area contributed by atoms with Crippen molar-refractivity contribution in [1.29, 1.82) is 0 Å². The van der Waals surface area contributed by atoms with Gasteiger partial charge in [-0.3, -0.25) is 0 Å². The summed E-state index contributed by atoms with van der Waals surface area (Å²) in [4.78, 5) is 11.7. The van der Waals surface area contributed by atoms with Crippen LogP contribution < -0.4 is 15.4 Å². The average Bonchev–Trinajstić information content (AvgIpc) is 2.41. The molecule has 0 fully saturated rings. The molecule has 5 heteroatoms. The number of aliphatic hydroxyl groups is 1. The molecular weight excluding hydrogens is 244 g/mol. The molecule has 0 aromatic heterocycles. The maximum atomic E-state index is 11.7. The third kappa shape index (κ3) is 5.18. The molecule has 1 atom stereocenters. The van der Waals surface area contributed by atoms with E-state index in [0.717, 1.165) is 5.56 Å². The van der Waals surface area contributed by atoms with Crippen molar-refractivity contribution in [3.05, 3.63) is 23.8 Å². The highest BCUT2D eigenvalue weighted by molar-refractivity contribution is 5.90. The zero-order valence-electron chi connectivity index (χ0n) is 11.7. The molecule has 0 spiro atoms. The van der Waals surface area contributed by atoms with Crippen LogP contribution in [-0.4, -0.2) is 30.9 Å².